The van der Waals surface area contributed by atoms with Gasteiger partial charge in [0.15, 0.2) is 0 Å². The normalized spacial score (nSPS) is 8.00. The fourth-order valence-corrected chi connectivity index (χ4v) is 1.40. The number of hydrogen-bond acceptors (Lipinski definition) is 2. The fraction of sp³-hybridized carbons (Fsp3) is 0. The van der Waals surface area contributed by atoms with E-state index in [4.69, 9.17) is 5.11 Å². The number of fused-ring (bicyclic) bond motifs is 1. The molecular weight excluding hydrogens is 268 g/mol. The number of phenols is 1. The van der Waals surface area contributed by atoms with Gasteiger partial charge >= 0.3 is 43.7 Å². The molecule has 0 radical (unpaired) electrons. The SMILES string of the molecule is O.O.O.O=C(O)c1cc2ccccc2cc1O.[Ca+2].[H-].[H-]. The molecular formula is C11H16CaO6. The van der Waals surface area contributed by atoms with E-state index in [9.17, 15) is 9.90 Å². The average molecular weight is 284 g/mol. The third-order valence-electron chi connectivity index (χ3n) is 2.09. The maximum atomic E-state index is 10.7. The Morgan fingerprint density at radius 1 is 1.00 bits per heavy atom. The first-order valence-electron chi connectivity index (χ1n) is 4.13. The van der Waals surface area contributed by atoms with Crippen molar-refractivity contribution in [2.45, 2.75) is 0 Å². The molecule has 0 amide bonds. The molecule has 2 aromatic carbocycles. The molecule has 0 heterocycles. The van der Waals surface area contributed by atoms with Crippen molar-refractivity contribution in [2.24, 2.45) is 0 Å². The van der Waals surface area contributed by atoms with Crippen LogP contribution in [0.15, 0.2) is 36.4 Å². The maximum Gasteiger partial charge on any atom is 2.00 e. The molecule has 98 valence electrons. The Morgan fingerprint density at radius 2 is 1.44 bits per heavy atom. The molecule has 6 nitrogen and oxygen atoms in total. The van der Waals surface area contributed by atoms with Crippen LogP contribution in [0.2, 0.25) is 0 Å². The summed E-state index contributed by atoms with van der Waals surface area (Å²) in [5, 5.41) is 19.8. The Morgan fingerprint density at radius 3 is 1.89 bits per heavy atom. The van der Waals surface area contributed by atoms with Crippen LogP contribution >= 0.6 is 0 Å². The minimum Gasteiger partial charge on any atom is -1.00 e. The molecule has 0 aromatic heterocycles. The molecule has 0 aliphatic carbocycles. The fourth-order valence-electron chi connectivity index (χ4n) is 1.40. The first-order valence-corrected chi connectivity index (χ1v) is 4.13. The first kappa shape index (κ1) is 22.3. The van der Waals surface area contributed by atoms with Gasteiger partial charge in [-0.05, 0) is 22.9 Å². The predicted octanol–water partition coefficient (Wildman–Crippen LogP) is -0.386. The van der Waals surface area contributed by atoms with E-state index in [0.29, 0.717) is 0 Å². The Balaban J connectivity index is -0.000000125. The zero-order chi connectivity index (χ0) is 10.1. The molecule has 0 spiro atoms. The van der Waals surface area contributed by atoms with E-state index in [0.717, 1.165) is 10.8 Å². The molecule has 0 aliphatic rings. The van der Waals surface area contributed by atoms with Crippen molar-refractivity contribution in [3.8, 4) is 5.75 Å². The van der Waals surface area contributed by atoms with Crippen molar-refractivity contribution >= 4 is 54.5 Å². The van der Waals surface area contributed by atoms with Crippen LogP contribution in [0, 0.1) is 0 Å². The van der Waals surface area contributed by atoms with E-state index >= 15 is 0 Å². The summed E-state index contributed by atoms with van der Waals surface area (Å²) >= 11 is 0. The minimum absolute atomic E-state index is 0. The number of carbonyl (C=O) groups is 1. The molecule has 0 atom stereocenters. The third-order valence-corrected chi connectivity index (χ3v) is 2.09. The summed E-state index contributed by atoms with van der Waals surface area (Å²) in [6, 6.07) is 10.2. The number of carboxylic acid groups (broad SMARTS) is 1. The third kappa shape index (κ3) is 4.41. The van der Waals surface area contributed by atoms with Gasteiger partial charge in [0.2, 0.25) is 0 Å². The second-order valence-corrected chi connectivity index (χ2v) is 3.02. The number of carboxylic acids is 1. The van der Waals surface area contributed by atoms with Crippen molar-refractivity contribution < 1.29 is 34.3 Å². The maximum absolute atomic E-state index is 10.7. The largest absolute Gasteiger partial charge is 2.00 e. The molecule has 2 rings (SSSR count). The van der Waals surface area contributed by atoms with Crippen LogP contribution in [0.25, 0.3) is 10.8 Å². The number of benzene rings is 2. The zero-order valence-electron chi connectivity index (χ0n) is 11.5. The summed E-state index contributed by atoms with van der Waals surface area (Å²) in [7, 11) is 0. The Hall–Kier alpha value is -0.890. The van der Waals surface area contributed by atoms with Crippen molar-refractivity contribution in [1.82, 2.24) is 0 Å². The van der Waals surface area contributed by atoms with E-state index in [1.54, 1.807) is 6.07 Å². The van der Waals surface area contributed by atoms with Gasteiger partial charge in [-0.3, -0.25) is 0 Å². The minimum atomic E-state index is -1.12. The Labute approximate surface area is 136 Å². The quantitative estimate of drug-likeness (QED) is 0.686. The van der Waals surface area contributed by atoms with Crippen molar-refractivity contribution in [3.63, 3.8) is 0 Å². The van der Waals surface area contributed by atoms with Crippen LogP contribution in [-0.2, 0) is 0 Å². The number of hydrogen-bond donors (Lipinski definition) is 2. The van der Waals surface area contributed by atoms with Gasteiger partial charge < -0.3 is 29.5 Å². The van der Waals surface area contributed by atoms with Gasteiger partial charge in [-0.2, -0.15) is 0 Å². The number of aromatic carboxylic acids is 1. The molecule has 2 aromatic rings. The molecule has 18 heavy (non-hydrogen) atoms. The van der Waals surface area contributed by atoms with Crippen molar-refractivity contribution in [2.75, 3.05) is 0 Å². The molecule has 0 bridgehead atoms. The summed E-state index contributed by atoms with van der Waals surface area (Å²) in [5.41, 5.74) is -0.0660. The van der Waals surface area contributed by atoms with E-state index in [1.807, 2.05) is 18.2 Å². The molecule has 0 unspecified atom stereocenters. The van der Waals surface area contributed by atoms with Crippen LogP contribution in [-0.4, -0.2) is 70.3 Å². The van der Waals surface area contributed by atoms with Crippen LogP contribution < -0.4 is 0 Å². The van der Waals surface area contributed by atoms with Crippen LogP contribution in [0.5, 0.6) is 5.75 Å². The van der Waals surface area contributed by atoms with Gasteiger partial charge in [0.05, 0.1) is 0 Å². The first-order chi connectivity index (χ1) is 6.68. The zero-order valence-corrected chi connectivity index (χ0v) is 11.7. The van der Waals surface area contributed by atoms with Gasteiger partial charge in [-0.15, -0.1) is 0 Å². The van der Waals surface area contributed by atoms with E-state index in [2.05, 4.69) is 0 Å². The van der Waals surface area contributed by atoms with Crippen LogP contribution in [0.4, 0.5) is 0 Å². The van der Waals surface area contributed by atoms with Gasteiger partial charge in [0, 0.05) is 0 Å². The average Bonchev–Trinajstić information content (AvgIpc) is 2.16. The number of rotatable bonds is 1. The molecule has 7 heteroatoms. The number of aromatic hydroxyl groups is 1. The topological polar surface area (TPSA) is 152 Å². The van der Waals surface area contributed by atoms with E-state index in [-0.39, 0.29) is 68.3 Å². The van der Waals surface area contributed by atoms with Crippen molar-refractivity contribution in [3.05, 3.63) is 42.0 Å². The molecule has 0 aliphatic heterocycles. The summed E-state index contributed by atoms with van der Waals surface area (Å²) in [5.74, 6) is -1.32. The van der Waals surface area contributed by atoms with Crippen molar-refractivity contribution in [1.29, 1.82) is 0 Å². The second-order valence-electron chi connectivity index (χ2n) is 3.02. The molecule has 8 N–H and O–H groups in total. The summed E-state index contributed by atoms with van der Waals surface area (Å²) in [6.07, 6.45) is 0. The molecule has 0 fully saturated rings. The second kappa shape index (κ2) is 9.09. The summed E-state index contributed by atoms with van der Waals surface area (Å²) < 4.78 is 0. The standard InChI is InChI=1S/C11H8O3.Ca.3H2O.2H/c12-10-6-8-4-2-1-3-7(8)5-9(10)11(13)14;;;;;;/h1-6,12H,(H,13,14);;3*1H2;;/q;+2;;;;2*-1. The smallest absolute Gasteiger partial charge is 1.00 e. The summed E-state index contributed by atoms with van der Waals surface area (Å²) in [6.45, 7) is 0. The van der Waals surface area contributed by atoms with E-state index in [1.165, 1.54) is 12.1 Å². The predicted molar refractivity (Wildman–Crippen MR) is 71.4 cm³/mol. The van der Waals surface area contributed by atoms with Gasteiger partial charge in [0.25, 0.3) is 0 Å². The van der Waals surface area contributed by atoms with E-state index < -0.39 is 5.97 Å². The van der Waals surface area contributed by atoms with Gasteiger partial charge in [-0.1, -0.05) is 24.3 Å². The Kier molecular flexibility index (Phi) is 11.3. The van der Waals surface area contributed by atoms with Crippen LogP contribution in [0.3, 0.4) is 0 Å². The molecule has 0 saturated carbocycles. The monoisotopic (exact) mass is 284 g/mol. The van der Waals surface area contributed by atoms with Crippen LogP contribution in [0.1, 0.15) is 13.2 Å². The Bertz CT molecular complexity index is 523. The molecule has 0 saturated heterocycles. The van der Waals surface area contributed by atoms with Gasteiger partial charge in [-0.25, -0.2) is 4.79 Å². The van der Waals surface area contributed by atoms with Gasteiger partial charge in [0.1, 0.15) is 11.3 Å². The summed E-state index contributed by atoms with van der Waals surface area (Å²) in [4.78, 5) is 10.7.